The Hall–Kier alpha value is -1.93. The van der Waals surface area contributed by atoms with E-state index in [1.54, 1.807) is 6.07 Å². The van der Waals surface area contributed by atoms with Crippen LogP contribution in [-0.4, -0.2) is 24.5 Å². The van der Waals surface area contributed by atoms with Crippen LogP contribution in [0.15, 0.2) is 27.9 Å². The first-order valence-corrected chi connectivity index (χ1v) is 8.67. The van der Waals surface area contributed by atoms with Crippen molar-refractivity contribution in [1.29, 1.82) is 0 Å². The number of sulfonamides is 1. The van der Waals surface area contributed by atoms with Crippen LogP contribution in [0.2, 0.25) is 0 Å². The number of fused-ring (bicyclic) bond motifs is 3. The maximum atomic E-state index is 12.2. The Morgan fingerprint density at radius 3 is 2.77 bits per heavy atom. The van der Waals surface area contributed by atoms with Crippen molar-refractivity contribution < 1.29 is 8.42 Å². The number of nitrogens with two attached hydrogens (primary N) is 1. The van der Waals surface area contributed by atoms with Crippen LogP contribution in [0, 0.1) is 5.41 Å². The third kappa shape index (κ3) is 1.87. The molecule has 1 aromatic carbocycles. The maximum absolute atomic E-state index is 12.2. The average molecular weight is 320 g/mol. The number of hydrogen-bond donors (Lipinski definition) is 2. The summed E-state index contributed by atoms with van der Waals surface area (Å²) >= 11 is 0. The Labute approximate surface area is 127 Å². The standard InChI is InChI=1S/C14H16N4O3S/c1-14(4-5-14)11-7-16-13-17-12(19)9-6-8(22(15,20)21)2-3-10(9)18(11)13/h2-3,6,11H,4-5,7H2,1H3,(H2,15,20,21)(H,16,17,19). The quantitative estimate of drug-likeness (QED) is 0.851. The minimum Gasteiger partial charge on any atom is -0.353 e. The molecule has 0 spiro atoms. The van der Waals surface area contributed by atoms with Crippen molar-refractivity contribution in [3.8, 4) is 0 Å². The van der Waals surface area contributed by atoms with Crippen LogP contribution in [0.5, 0.6) is 0 Å². The summed E-state index contributed by atoms with van der Waals surface area (Å²) in [5, 5.41) is 8.62. The Kier molecular flexibility index (Phi) is 2.54. The molecule has 1 fully saturated rings. The van der Waals surface area contributed by atoms with Crippen LogP contribution in [0.1, 0.15) is 25.8 Å². The fourth-order valence-electron chi connectivity index (χ4n) is 3.21. The van der Waals surface area contributed by atoms with Crippen LogP contribution >= 0.6 is 0 Å². The minimum absolute atomic E-state index is 0.0698. The summed E-state index contributed by atoms with van der Waals surface area (Å²) in [4.78, 5) is 16.2. The van der Waals surface area contributed by atoms with Gasteiger partial charge < -0.3 is 9.88 Å². The molecule has 1 aliphatic heterocycles. The summed E-state index contributed by atoms with van der Waals surface area (Å²) in [6, 6.07) is 4.62. The van der Waals surface area contributed by atoms with Gasteiger partial charge in [0, 0.05) is 6.54 Å². The molecule has 3 N–H and O–H groups in total. The number of anilines is 1. The van der Waals surface area contributed by atoms with Gasteiger partial charge in [-0.3, -0.25) is 4.79 Å². The van der Waals surface area contributed by atoms with E-state index in [9.17, 15) is 13.2 Å². The number of hydrogen-bond acceptors (Lipinski definition) is 5. The minimum atomic E-state index is -3.85. The monoisotopic (exact) mass is 320 g/mol. The summed E-state index contributed by atoms with van der Waals surface area (Å²) in [6.45, 7) is 2.95. The molecule has 8 heteroatoms. The smallest absolute Gasteiger partial charge is 0.282 e. The Balaban J connectivity index is 2.02. The van der Waals surface area contributed by atoms with Gasteiger partial charge in [-0.25, -0.2) is 13.6 Å². The zero-order valence-electron chi connectivity index (χ0n) is 12.0. The van der Waals surface area contributed by atoms with Gasteiger partial charge in [0.2, 0.25) is 16.0 Å². The van der Waals surface area contributed by atoms with Crippen molar-refractivity contribution in [2.45, 2.75) is 30.7 Å². The highest BCUT2D eigenvalue weighted by atomic mass is 32.2. The molecule has 0 bridgehead atoms. The number of nitrogens with one attached hydrogen (secondary N) is 1. The van der Waals surface area contributed by atoms with Crippen LogP contribution in [0.25, 0.3) is 10.9 Å². The van der Waals surface area contributed by atoms with E-state index < -0.39 is 15.6 Å². The molecule has 7 nitrogen and oxygen atoms in total. The van der Waals surface area contributed by atoms with Gasteiger partial charge in [0.1, 0.15) is 0 Å². The SMILES string of the molecule is CC1(C2CNc3nc(=O)c4cc(S(N)(=O)=O)ccc4n32)CC1. The van der Waals surface area contributed by atoms with Crippen molar-refractivity contribution in [3.05, 3.63) is 28.6 Å². The van der Waals surface area contributed by atoms with Crippen molar-refractivity contribution in [2.24, 2.45) is 10.6 Å². The molecule has 0 saturated heterocycles. The van der Waals surface area contributed by atoms with Crippen molar-refractivity contribution in [1.82, 2.24) is 9.55 Å². The number of nitrogens with zero attached hydrogens (tertiary/aromatic N) is 2. The van der Waals surface area contributed by atoms with E-state index in [2.05, 4.69) is 17.2 Å². The number of primary sulfonamides is 1. The fraction of sp³-hybridized carbons (Fsp3) is 0.429. The molecule has 1 aromatic heterocycles. The lowest BCUT2D eigenvalue weighted by molar-refractivity contribution is 0.376. The highest BCUT2D eigenvalue weighted by Crippen LogP contribution is 2.55. The normalized spacial score (nSPS) is 22.4. The fourth-order valence-corrected chi connectivity index (χ4v) is 3.75. The lowest BCUT2D eigenvalue weighted by atomic mass is 9.99. The second-order valence-electron chi connectivity index (χ2n) is 6.39. The first-order chi connectivity index (χ1) is 10.3. The van der Waals surface area contributed by atoms with Crippen molar-refractivity contribution >= 4 is 26.9 Å². The van der Waals surface area contributed by atoms with Gasteiger partial charge in [-0.2, -0.15) is 4.98 Å². The van der Waals surface area contributed by atoms with E-state index in [1.807, 2.05) is 4.57 Å². The molecule has 1 atom stereocenters. The molecule has 2 heterocycles. The summed E-state index contributed by atoms with van der Waals surface area (Å²) < 4.78 is 25.0. The average Bonchev–Trinajstić information content (AvgIpc) is 3.04. The molecule has 116 valence electrons. The molecule has 1 saturated carbocycles. The first kappa shape index (κ1) is 13.7. The zero-order valence-corrected chi connectivity index (χ0v) is 12.9. The lowest BCUT2D eigenvalue weighted by Gasteiger charge is -2.22. The number of benzene rings is 1. The van der Waals surface area contributed by atoms with Gasteiger partial charge >= 0.3 is 0 Å². The molecular weight excluding hydrogens is 304 g/mol. The van der Waals surface area contributed by atoms with Gasteiger partial charge in [0.15, 0.2) is 0 Å². The largest absolute Gasteiger partial charge is 0.353 e. The number of rotatable bonds is 2. The highest BCUT2D eigenvalue weighted by molar-refractivity contribution is 7.89. The van der Waals surface area contributed by atoms with Gasteiger partial charge in [0.25, 0.3) is 5.56 Å². The first-order valence-electron chi connectivity index (χ1n) is 7.13. The van der Waals surface area contributed by atoms with E-state index in [1.165, 1.54) is 12.1 Å². The molecule has 1 aliphatic carbocycles. The van der Waals surface area contributed by atoms with Crippen molar-refractivity contribution in [2.75, 3.05) is 11.9 Å². The van der Waals surface area contributed by atoms with Crippen LogP contribution < -0.4 is 16.0 Å². The number of aromatic nitrogens is 2. The van der Waals surface area contributed by atoms with E-state index >= 15 is 0 Å². The van der Waals surface area contributed by atoms with Crippen LogP contribution in [0.4, 0.5) is 5.95 Å². The van der Waals surface area contributed by atoms with E-state index in [0.29, 0.717) is 11.5 Å². The van der Waals surface area contributed by atoms with Crippen LogP contribution in [0.3, 0.4) is 0 Å². The topological polar surface area (TPSA) is 107 Å². The molecular formula is C14H16N4O3S. The van der Waals surface area contributed by atoms with E-state index in [4.69, 9.17) is 5.14 Å². The highest BCUT2D eigenvalue weighted by Gasteiger charge is 2.48. The second kappa shape index (κ2) is 4.08. The van der Waals surface area contributed by atoms with Gasteiger partial charge in [-0.15, -0.1) is 0 Å². The maximum Gasteiger partial charge on any atom is 0.282 e. The molecule has 2 aromatic rings. The van der Waals surface area contributed by atoms with Crippen LogP contribution in [-0.2, 0) is 10.0 Å². The summed E-state index contributed by atoms with van der Waals surface area (Å²) in [5.41, 5.74) is 0.465. The molecule has 0 radical (unpaired) electrons. The molecule has 1 unspecified atom stereocenters. The van der Waals surface area contributed by atoms with Gasteiger partial charge in [-0.05, 0) is 36.5 Å². The molecule has 2 aliphatic rings. The lowest BCUT2D eigenvalue weighted by Crippen LogP contribution is -2.21. The predicted octanol–water partition coefficient (Wildman–Crippen LogP) is 0.811. The van der Waals surface area contributed by atoms with E-state index in [0.717, 1.165) is 19.4 Å². The third-order valence-corrected chi connectivity index (χ3v) is 5.74. The van der Waals surface area contributed by atoms with Gasteiger partial charge in [0.05, 0.1) is 21.8 Å². The van der Waals surface area contributed by atoms with E-state index in [-0.39, 0.29) is 21.7 Å². The third-order valence-electron chi connectivity index (χ3n) is 4.83. The van der Waals surface area contributed by atoms with Gasteiger partial charge in [-0.1, -0.05) is 6.92 Å². The Bertz CT molecular complexity index is 960. The molecule has 22 heavy (non-hydrogen) atoms. The second-order valence-corrected chi connectivity index (χ2v) is 7.95. The molecule has 4 rings (SSSR count). The Morgan fingerprint density at radius 2 is 2.14 bits per heavy atom. The zero-order chi connectivity index (χ0) is 15.7. The summed E-state index contributed by atoms with van der Waals surface area (Å²) in [5.74, 6) is 0.555. The summed E-state index contributed by atoms with van der Waals surface area (Å²) in [6.07, 6.45) is 2.28. The summed E-state index contributed by atoms with van der Waals surface area (Å²) in [7, 11) is -3.85. The predicted molar refractivity (Wildman–Crippen MR) is 82.2 cm³/mol. The molecule has 0 amide bonds. The Morgan fingerprint density at radius 1 is 1.41 bits per heavy atom. The van der Waals surface area contributed by atoms with Crippen molar-refractivity contribution in [3.63, 3.8) is 0 Å².